The van der Waals surface area contributed by atoms with Gasteiger partial charge in [0, 0.05) is 0 Å². The summed E-state index contributed by atoms with van der Waals surface area (Å²) in [7, 11) is -10.6. The second-order valence-electron chi connectivity index (χ2n) is 0.953. The number of rotatable bonds is 3. The van der Waals surface area contributed by atoms with Gasteiger partial charge >= 0.3 is 103 Å². The van der Waals surface area contributed by atoms with Gasteiger partial charge in [-0.1, -0.05) is 0 Å². The quantitative estimate of drug-likeness (QED) is 0.162. The molecule has 13 heteroatoms. The summed E-state index contributed by atoms with van der Waals surface area (Å²) in [4.78, 5) is 0. The zero-order valence-electron chi connectivity index (χ0n) is 6.58. The molecule has 13 heavy (non-hydrogen) atoms. The van der Waals surface area contributed by atoms with Gasteiger partial charge in [0.1, 0.15) is 0 Å². The van der Waals surface area contributed by atoms with E-state index in [0.717, 1.165) is 0 Å². The SMILES string of the molecule is O.O=S(=O)([O-])OOS(=O)(=O)[O-].[K+].[K+]. The molecule has 0 saturated carbocycles. The van der Waals surface area contributed by atoms with Crippen LogP contribution in [0.1, 0.15) is 0 Å². The molecule has 0 bridgehead atoms. The zero-order valence-corrected chi connectivity index (χ0v) is 14.5. The minimum atomic E-state index is -5.31. The van der Waals surface area contributed by atoms with Gasteiger partial charge in [-0.05, 0) is 0 Å². The van der Waals surface area contributed by atoms with Crippen LogP contribution in [0.2, 0.25) is 0 Å². The molecule has 0 aliphatic heterocycles. The zero-order chi connectivity index (χ0) is 8.41. The molecule has 0 atom stereocenters. The molecule has 0 radical (unpaired) electrons. The van der Waals surface area contributed by atoms with E-state index < -0.39 is 20.8 Å². The molecule has 0 aliphatic rings. The Kier molecular flexibility index (Phi) is 19.5. The molecule has 0 aromatic carbocycles. The van der Waals surface area contributed by atoms with E-state index in [1.165, 1.54) is 0 Å². The van der Waals surface area contributed by atoms with Crippen molar-refractivity contribution in [3.63, 3.8) is 0 Å². The van der Waals surface area contributed by atoms with Crippen LogP contribution in [0.3, 0.4) is 0 Å². The Bertz CT molecular complexity index is 252. The second-order valence-corrected chi connectivity index (χ2v) is 2.86. The first-order valence-electron chi connectivity index (χ1n) is 1.50. The maximum absolute atomic E-state index is 9.37. The Balaban J connectivity index is -0.000000135. The molecule has 0 aromatic heterocycles. The predicted octanol–water partition coefficient (Wildman–Crippen LogP) is -8.96. The first-order chi connectivity index (χ1) is 4.21. The molecule has 70 valence electrons. The van der Waals surface area contributed by atoms with Crippen molar-refractivity contribution in [3.05, 3.63) is 0 Å². The van der Waals surface area contributed by atoms with Gasteiger partial charge in [0.05, 0.1) is 0 Å². The topological polar surface area (TPSA) is 164 Å². The third kappa shape index (κ3) is 25.3. The van der Waals surface area contributed by atoms with Crippen molar-refractivity contribution in [1.29, 1.82) is 0 Å². The Hall–Kier alpha value is 2.97. The average Bonchev–Trinajstić information content (AvgIpc) is 1.57. The largest absolute Gasteiger partial charge is 1.00 e. The smallest absolute Gasteiger partial charge is 0.724 e. The maximum Gasteiger partial charge on any atom is 1.00 e. The van der Waals surface area contributed by atoms with Crippen molar-refractivity contribution >= 4 is 20.8 Å². The minimum absolute atomic E-state index is 0. The fourth-order valence-corrected chi connectivity index (χ4v) is 0.612. The predicted molar refractivity (Wildman–Crippen MR) is 25.2 cm³/mol. The monoisotopic (exact) mass is 288 g/mol. The normalized spacial score (nSPS) is 10.3. The third-order valence-electron chi connectivity index (χ3n) is 0.194. The van der Waals surface area contributed by atoms with Crippen LogP contribution in [0.15, 0.2) is 0 Å². The summed E-state index contributed by atoms with van der Waals surface area (Å²) in [6, 6.07) is 0. The van der Waals surface area contributed by atoms with Gasteiger partial charge in [-0.3, -0.25) is 0 Å². The molecule has 0 fully saturated rings. The average molecular weight is 288 g/mol. The maximum atomic E-state index is 9.37. The van der Waals surface area contributed by atoms with Crippen molar-refractivity contribution in [3.8, 4) is 0 Å². The van der Waals surface area contributed by atoms with E-state index in [0.29, 0.717) is 0 Å². The van der Waals surface area contributed by atoms with E-state index >= 15 is 0 Å². The summed E-state index contributed by atoms with van der Waals surface area (Å²) >= 11 is 0. The molecule has 0 saturated heterocycles. The van der Waals surface area contributed by atoms with Crippen LogP contribution in [-0.4, -0.2) is 31.4 Å². The van der Waals surface area contributed by atoms with Crippen LogP contribution < -0.4 is 103 Å². The minimum Gasteiger partial charge on any atom is -0.724 e. The second kappa shape index (κ2) is 10.1. The van der Waals surface area contributed by atoms with Crippen LogP contribution in [0, 0.1) is 0 Å². The van der Waals surface area contributed by atoms with E-state index in [1.54, 1.807) is 0 Å². The Morgan fingerprint density at radius 3 is 1.00 bits per heavy atom. The summed E-state index contributed by atoms with van der Waals surface area (Å²) in [6.45, 7) is 0. The van der Waals surface area contributed by atoms with Gasteiger partial charge in [-0.2, -0.15) is 0 Å². The Morgan fingerprint density at radius 1 is 0.769 bits per heavy atom. The van der Waals surface area contributed by atoms with E-state index in [9.17, 15) is 25.9 Å². The number of hydrogen-bond donors (Lipinski definition) is 0. The number of hydrogen-bond acceptors (Lipinski definition) is 8. The first kappa shape index (κ1) is 25.0. The van der Waals surface area contributed by atoms with Crippen LogP contribution in [-0.2, 0) is 29.5 Å². The van der Waals surface area contributed by atoms with Gasteiger partial charge < -0.3 is 14.6 Å². The molecule has 0 spiro atoms. The van der Waals surface area contributed by atoms with Crippen LogP contribution >= 0.6 is 0 Å². The molecule has 0 unspecified atom stereocenters. The van der Waals surface area contributed by atoms with E-state index in [1.807, 2.05) is 0 Å². The van der Waals surface area contributed by atoms with Gasteiger partial charge in [-0.25, -0.2) is 16.8 Å². The first-order valence-corrected chi connectivity index (χ1v) is 4.17. The Labute approximate surface area is 160 Å². The molecular formula is H2K2O9S2. The fraction of sp³-hybridized carbons (Fsp3) is 0. The third-order valence-corrected chi connectivity index (χ3v) is 0.750. The molecule has 0 heterocycles. The molecule has 0 aromatic rings. The molecule has 9 nitrogen and oxygen atoms in total. The standard InChI is InChI=1S/2K.H2O8S2.H2O/c;;1-9(2,3)7-8-10(4,5)6;/h;;(H,1,2,3)(H,4,5,6);1H2/q2*+1;;/p-2. The summed E-state index contributed by atoms with van der Waals surface area (Å²) in [5, 5.41) is 0. The van der Waals surface area contributed by atoms with E-state index in [4.69, 9.17) is 0 Å². The van der Waals surface area contributed by atoms with Crippen LogP contribution in [0.25, 0.3) is 0 Å². The fourth-order valence-electron chi connectivity index (χ4n) is 0.0680. The van der Waals surface area contributed by atoms with Crippen LogP contribution in [0.4, 0.5) is 0 Å². The molecule has 0 rings (SSSR count). The summed E-state index contributed by atoms with van der Waals surface area (Å²) in [6.07, 6.45) is 0. The van der Waals surface area contributed by atoms with Gasteiger partial charge in [0.25, 0.3) is 0 Å². The summed E-state index contributed by atoms with van der Waals surface area (Å²) in [5.41, 5.74) is 0. The van der Waals surface area contributed by atoms with Crippen molar-refractivity contribution < 1.29 is 143 Å². The van der Waals surface area contributed by atoms with Gasteiger partial charge in [0.2, 0.25) is 20.8 Å². The summed E-state index contributed by atoms with van der Waals surface area (Å²) in [5.74, 6) is 0. The molecule has 0 aliphatic carbocycles. The van der Waals surface area contributed by atoms with Crippen molar-refractivity contribution in [2.24, 2.45) is 0 Å². The van der Waals surface area contributed by atoms with Crippen molar-refractivity contribution in [2.45, 2.75) is 0 Å². The van der Waals surface area contributed by atoms with Gasteiger partial charge in [0.15, 0.2) is 0 Å². The molecular weight excluding hydrogens is 286 g/mol. The molecule has 2 N–H and O–H groups in total. The van der Waals surface area contributed by atoms with Crippen molar-refractivity contribution in [2.75, 3.05) is 0 Å². The van der Waals surface area contributed by atoms with Gasteiger partial charge in [-0.15, -0.1) is 8.67 Å². The van der Waals surface area contributed by atoms with Crippen LogP contribution in [0.5, 0.6) is 0 Å². The Morgan fingerprint density at radius 2 is 0.923 bits per heavy atom. The van der Waals surface area contributed by atoms with Crippen molar-refractivity contribution in [1.82, 2.24) is 0 Å². The van der Waals surface area contributed by atoms with E-state index in [-0.39, 0.29) is 108 Å². The van der Waals surface area contributed by atoms with E-state index in [2.05, 4.69) is 8.67 Å². The molecule has 0 amide bonds. The summed E-state index contributed by atoms with van der Waals surface area (Å²) < 4.78 is 61.5.